The molecule has 1 aliphatic carbocycles. The van der Waals surface area contributed by atoms with Crippen LogP contribution in [-0.2, 0) is 0 Å². The minimum atomic E-state index is 0.0757. The molecule has 0 bridgehead atoms. The molecule has 0 radical (unpaired) electrons. The molecule has 0 amide bonds. The molecule has 1 unspecified atom stereocenters. The number of benzene rings is 1. The van der Waals surface area contributed by atoms with Crippen molar-refractivity contribution in [3.05, 3.63) is 34.3 Å². The maximum atomic E-state index is 12.2. The Bertz CT molecular complexity index is 395. The summed E-state index contributed by atoms with van der Waals surface area (Å²) in [5, 5.41) is 0.0757. The van der Waals surface area contributed by atoms with E-state index in [1.807, 2.05) is 43.0 Å². The predicted molar refractivity (Wildman–Crippen MR) is 82.4 cm³/mol. The standard InChI is InChI=1S/C15H19BrOS/c1-11(18-10-12-4-2-3-5-12)15(17)13-6-8-14(16)9-7-13/h6-9,11-12H,2-5,10H2,1H3. The van der Waals surface area contributed by atoms with Crippen molar-refractivity contribution in [2.45, 2.75) is 37.9 Å². The Labute approximate surface area is 122 Å². The maximum absolute atomic E-state index is 12.2. The normalized spacial score (nSPS) is 17.9. The molecule has 1 fully saturated rings. The number of carbonyl (C=O) groups is 1. The number of carbonyl (C=O) groups excluding carboxylic acids is 1. The van der Waals surface area contributed by atoms with E-state index in [-0.39, 0.29) is 11.0 Å². The smallest absolute Gasteiger partial charge is 0.175 e. The van der Waals surface area contributed by atoms with E-state index < -0.39 is 0 Å². The van der Waals surface area contributed by atoms with Crippen molar-refractivity contribution >= 4 is 33.5 Å². The monoisotopic (exact) mass is 326 g/mol. The highest BCUT2D eigenvalue weighted by Crippen LogP contribution is 2.30. The summed E-state index contributed by atoms with van der Waals surface area (Å²) in [5.41, 5.74) is 0.824. The zero-order valence-electron chi connectivity index (χ0n) is 10.7. The Morgan fingerprint density at radius 1 is 1.33 bits per heavy atom. The lowest BCUT2D eigenvalue weighted by molar-refractivity contribution is 0.0994. The van der Waals surface area contributed by atoms with Crippen molar-refractivity contribution in [2.24, 2.45) is 5.92 Å². The van der Waals surface area contributed by atoms with Crippen LogP contribution in [0.15, 0.2) is 28.7 Å². The summed E-state index contributed by atoms with van der Waals surface area (Å²) < 4.78 is 1.02. The van der Waals surface area contributed by atoms with Crippen LogP contribution in [0.25, 0.3) is 0 Å². The number of halogens is 1. The molecule has 1 nitrogen and oxygen atoms in total. The van der Waals surface area contributed by atoms with Gasteiger partial charge in [-0.15, -0.1) is 0 Å². The van der Waals surface area contributed by atoms with Crippen molar-refractivity contribution in [2.75, 3.05) is 5.75 Å². The number of Topliss-reactive ketones (excluding diaryl/α,β-unsaturated/α-hetero) is 1. The average molecular weight is 327 g/mol. The Morgan fingerprint density at radius 3 is 2.56 bits per heavy atom. The van der Waals surface area contributed by atoms with Crippen LogP contribution in [0.4, 0.5) is 0 Å². The lowest BCUT2D eigenvalue weighted by Gasteiger charge is -2.13. The first-order valence-corrected chi connectivity index (χ1v) is 8.42. The van der Waals surface area contributed by atoms with Crippen LogP contribution in [0.1, 0.15) is 43.0 Å². The first-order chi connectivity index (χ1) is 8.66. The van der Waals surface area contributed by atoms with Gasteiger partial charge in [-0.2, -0.15) is 11.8 Å². The van der Waals surface area contributed by atoms with Crippen LogP contribution < -0.4 is 0 Å². The van der Waals surface area contributed by atoms with Crippen molar-refractivity contribution in [1.82, 2.24) is 0 Å². The average Bonchev–Trinajstić information content (AvgIpc) is 2.89. The van der Waals surface area contributed by atoms with Crippen LogP contribution in [-0.4, -0.2) is 16.8 Å². The molecule has 0 spiro atoms. The third-order valence-corrected chi connectivity index (χ3v) is 5.46. The third kappa shape index (κ3) is 3.86. The summed E-state index contributed by atoms with van der Waals surface area (Å²) in [7, 11) is 0. The number of rotatable bonds is 5. The van der Waals surface area contributed by atoms with E-state index in [0.717, 1.165) is 21.7 Å². The quantitative estimate of drug-likeness (QED) is 0.712. The first-order valence-electron chi connectivity index (χ1n) is 6.58. The van der Waals surface area contributed by atoms with Gasteiger partial charge in [-0.05, 0) is 43.6 Å². The van der Waals surface area contributed by atoms with Gasteiger partial charge in [-0.1, -0.05) is 40.9 Å². The molecule has 0 N–H and O–H groups in total. The minimum Gasteiger partial charge on any atom is -0.293 e. The Hall–Kier alpha value is -0.280. The molecule has 0 aromatic heterocycles. The molecule has 1 aliphatic rings. The SMILES string of the molecule is CC(SCC1CCCC1)C(=O)c1ccc(Br)cc1. The summed E-state index contributed by atoms with van der Waals surface area (Å²) in [6.07, 6.45) is 5.46. The molecule has 1 atom stereocenters. The highest BCUT2D eigenvalue weighted by atomic mass is 79.9. The largest absolute Gasteiger partial charge is 0.293 e. The van der Waals surface area contributed by atoms with Crippen molar-refractivity contribution in [3.63, 3.8) is 0 Å². The van der Waals surface area contributed by atoms with E-state index in [9.17, 15) is 4.79 Å². The fraction of sp³-hybridized carbons (Fsp3) is 0.533. The highest BCUT2D eigenvalue weighted by Gasteiger charge is 2.20. The summed E-state index contributed by atoms with van der Waals surface area (Å²) in [4.78, 5) is 12.2. The summed E-state index contributed by atoms with van der Waals surface area (Å²) in [6.45, 7) is 2.03. The van der Waals surface area contributed by atoms with Gasteiger partial charge >= 0.3 is 0 Å². The molecule has 2 rings (SSSR count). The number of hydrogen-bond acceptors (Lipinski definition) is 2. The van der Waals surface area contributed by atoms with Crippen LogP contribution in [0.5, 0.6) is 0 Å². The summed E-state index contributed by atoms with van der Waals surface area (Å²) >= 11 is 5.21. The van der Waals surface area contributed by atoms with Gasteiger partial charge in [0.2, 0.25) is 0 Å². The lowest BCUT2D eigenvalue weighted by Crippen LogP contribution is -2.15. The Morgan fingerprint density at radius 2 is 1.94 bits per heavy atom. The van der Waals surface area contributed by atoms with Gasteiger partial charge in [0, 0.05) is 10.0 Å². The molecule has 1 aromatic carbocycles. The highest BCUT2D eigenvalue weighted by molar-refractivity contribution is 9.10. The van der Waals surface area contributed by atoms with Crippen LogP contribution in [0.3, 0.4) is 0 Å². The molecule has 98 valence electrons. The summed E-state index contributed by atoms with van der Waals surface area (Å²) in [6, 6.07) is 7.67. The molecular weight excluding hydrogens is 308 g/mol. The Balaban J connectivity index is 1.85. The van der Waals surface area contributed by atoms with Crippen molar-refractivity contribution in [1.29, 1.82) is 0 Å². The fourth-order valence-electron chi connectivity index (χ4n) is 2.38. The van der Waals surface area contributed by atoms with Gasteiger partial charge in [0.15, 0.2) is 5.78 Å². The van der Waals surface area contributed by atoms with Gasteiger partial charge in [0.05, 0.1) is 5.25 Å². The molecule has 0 saturated heterocycles. The van der Waals surface area contributed by atoms with E-state index in [2.05, 4.69) is 15.9 Å². The number of ketones is 1. The second-order valence-electron chi connectivity index (χ2n) is 5.00. The molecule has 3 heteroatoms. The molecule has 18 heavy (non-hydrogen) atoms. The van der Waals surface area contributed by atoms with E-state index >= 15 is 0 Å². The third-order valence-electron chi connectivity index (χ3n) is 3.55. The second kappa shape index (κ2) is 6.76. The molecule has 1 saturated carbocycles. The Kier molecular flexibility index (Phi) is 5.31. The van der Waals surface area contributed by atoms with E-state index in [1.165, 1.54) is 25.7 Å². The fourth-order valence-corrected chi connectivity index (χ4v) is 3.83. The second-order valence-corrected chi connectivity index (χ2v) is 7.29. The topological polar surface area (TPSA) is 17.1 Å². The van der Waals surface area contributed by atoms with E-state index in [1.54, 1.807) is 0 Å². The van der Waals surface area contributed by atoms with Gasteiger partial charge in [0.1, 0.15) is 0 Å². The molecule has 0 heterocycles. The van der Waals surface area contributed by atoms with E-state index in [0.29, 0.717) is 0 Å². The molecule has 0 aliphatic heterocycles. The van der Waals surface area contributed by atoms with Gasteiger partial charge < -0.3 is 0 Å². The number of hydrogen-bond donors (Lipinski definition) is 0. The molecular formula is C15H19BrOS. The zero-order chi connectivity index (χ0) is 13.0. The predicted octanol–water partition coefficient (Wildman–Crippen LogP) is 4.94. The first kappa shape index (κ1) is 14.1. The van der Waals surface area contributed by atoms with Crippen molar-refractivity contribution < 1.29 is 4.79 Å². The lowest BCUT2D eigenvalue weighted by atomic mass is 10.1. The van der Waals surface area contributed by atoms with E-state index in [4.69, 9.17) is 0 Å². The van der Waals surface area contributed by atoms with Crippen LogP contribution in [0.2, 0.25) is 0 Å². The minimum absolute atomic E-state index is 0.0757. The van der Waals surface area contributed by atoms with Gasteiger partial charge in [-0.3, -0.25) is 4.79 Å². The van der Waals surface area contributed by atoms with Crippen LogP contribution in [0, 0.1) is 5.92 Å². The van der Waals surface area contributed by atoms with Crippen LogP contribution >= 0.6 is 27.7 Å². The zero-order valence-corrected chi connectivity index (χ0v) is 13.1. The molecule has 1 aromatic rings. The van der Waals surface area contributed by atoms with Gasteiger partial charge in [-0.25, -0.2) is 0 Å². The van der Waals surface area contributed by atoms with Crippen molar-refractivity contribution in [3.8, 4) is 0 Å². The summed E-state index contributed by atoms with van der Waals surface area (Å²) in [5.74, 6) is 2.24. The number of thioether (sulfide) groups is 1. The van der Waals surface area contributed by atoms with Gasteiger partial charge in [0.25, 0.3) is 0 Å². The maximum Gasteiger partial charge on any atom is 0.175 e.